The van der Waals surface area contributed by atoms with Gasteiger partial charge in [-0.05, 0) is 30.4 Å². The summed E-state index contributed by atoms with van der Waals surface area (Å²) in [5, 5.41) is 16.0. The predicted octanol–water partition coefficient (Wildman–Crippen LogP) is 2.15. The van der Waals surface area contributed by atoms with Crippen LogP contribution < -0.4 is 0 Å². The Kier molecular flexibility index (Phi) is 3.18. The maximum Gasteiger partial charge on any atom is 0.0960 e. The van der Waals surface area contributed by atoms with Gasteiger partial charge in [-0.15, -0.1) is 11.3 Å². The Balaban J connectivity index is 1.93. The minimum atomic E-state index is -0.417. The standard InChI is InChI=1S/C11H14N2OS/c1-13-10(6-7-12-13)11(14)5-4-9-3-2-8-15-9/h2-3,6-8,11,14H,4-5H2,1H3. The molecule has 4 heteroatoms. The summed E-state index contributed by atoms with van der Waals surface area (Å²) >= 11 is 1.73. The Morgan fingerprint density at radius 1 is 1.53 bits per heavy atom. The van der Waals surface area contributed by atoms with E-state index in [1.807, 2.05) is 19.2 Å². The summed E-state index contributed by atoms with van der Waals surface area (Å²) in [7, 11) is 1.85. The van der Waals surface area contributed by atoms with Gasteiger partial charge in [-0.3, -0.25) is 4.68 Å². The van der Waals surface area contributed by atoms with Crippen LogP contribution in [0.5, 0.6) is 0 Å². The van der Waals surface area contributed by atoms with Crippen LogP contribution in [0.3, 0.4) is 0 Å². The third-order valence-corrected chi connectivity index (χ3v) is 3.38. The highest BCUT2D eigenvalue weighted by Gasteiger charge is 2.11. The number of rotatable bonds is 4. The third-order valence-electron chi connectivity index (χ3n) is 2.44. The average Bonchev–Trinajstić information content (AvgIpc) is 2.84. The molecule has 2 aromatic heterocycles. The maximum atomic E-state index is 9.93. The molecule has 1 N–H and O–H groups in total. The smallest absolute Gasteiger partial charge is 0.0960 e. The first kappa shape index (κ1) is 10.4. The molecule has 0 saturated carbocycles. The molecule has 0 bridgehead atoms. The van der Waals surface area contributed by atoms with Crippen molar-refractivity contribution in [3.05, 3.63) is 40.3 Å². The van der Waals surface area contributed by atoms with E-state index in [2.05, 4.69) is 16.5 Å². The minimum Gasteiger partial charge on any atom is -0.387 e. The first-order valence-corrected chi connectivity index (χ1v) is 5.83. The lowest BCUT2D eigenvalue weighted by atomic mass is 10.1. The molecule has 2 rings (SSSR count). The minimum absolute atomic E-state index is 0.417. The normalized spacial score (nSPS) is 12.9. The van der Waals surface area contributed by atoms with E-state index in [4.69, 9.17) is 0 Å². The van der Waals surface area contributed by atoms with Crippen LogP contribution >= 0.6 is 11.3 Å². The number of aryl methyl sites for hydroxylation is 2. The second-order valence-corrected chi connectivity index (χ2v) is 4.55. The summed E-state index contributed by atoms with van der Waals surface area (Å²) < 4.78 is 1.72. The van der Waals surface area contributed by atoms with Gasteiger partial charge in [-0.25, -0.2) is 0 Å². The number of aromatic nitrogens is 2. The van der Waals surface area contributed by atoms with Crippen molar-refractivity contribution >= 4 is 11.3 Å². The Labute approximate surface area is 93.0 Å². The lowest BCUT2D eigenvalue weighted by Gasteiger charge is -2.09. The summed E-state index contributed by atoms with van der Waals surface area (Å²) in [5.74, 6) is 0. The largest absolute Gasteiger partial charge is 0.387 e. The van der Waals surface area contributed by atoms with Crippen molar-refractivity contribution in [1.82, 2.24) is 9.78 Å². The lowest BCUT2D eigenvalue weighted by molar-refractivity contribution is 0.158. The van der Waals surface area contributed by atoms with Crippen molar-refractivity contribution in [3.63, 3.8) is 0 Å². The molecule has 2 aromatic rings. The highest BCUT2D eigenvalue weighted by Crippen LogP contribution is 2.19. The lowest BCUT2D eigenvalue weighted by Crippen LogP contribution is -2.05. The highest BCUT2D eigenvalue weighted by molar-refractivity contribution is 7.09. The number of thiophene rings is 1. The molecule has 0 radical (unpaired) electrons. The van der Waals surface area contributed by atoms with Crippen LogP contribution in [0.1, 0.15) is 23.1 Å². The van der Waals surface area contributed by atoms with Gasteiger partial charge in [-0.1, -0.05) is 6.07 Å². The van der Waals surface area contributed by atoms with E-state index in [0.29, 0.717) is 0 Å². The molecule has 80 valence electrons. The molecule has 0 aliphatic rings. The van der Waals surface area contributed by atoms with Gasteiger partial charge < -0.3 is 5.11 Å². The zero-order valence-corrected chi connectivity index (χ0v) is 9.44. The number of nitrogens with zero attached hydrogens (tertiary/aromatic N) is 2. The summed E-state index contributed by atoms with van der Waals surface area (Å²) in [6, 6.07) is 6.00. The van der Waals surface area contributed by atoms with Crippen LogP contribution in [0.2, 0.25) is 0 Å². The molecule has 0 spiro atoms. The van der Waals surface area contributed by atoms with Gasteiger partial charge in [0.15, 0.2) is 0 Å². The van der Waals surface area contributed by atoms with E-state index in [1.165, 1.54) is 4.88 Å². The van der Waals surface area contributed by atoms with Crippen LogP contribution in [-0.4, -0.2) is 14.9 Å². The topological polar surface area (TPSA) is 38.0 Å². The van der Waals surface area contributed by atoms with Gasteiger partial charge >= 0.3 is 0 Å². The fraction of sp³-hybridized carbons (Fsp3) is 0.364. The molecular formula is C11H14N2OS. The van der Waals surface area contributed by atoms with Gasteiger partial charge in [-0.2, -0.15) is 5.10 Å². The fourth-order valence-corrected chi connectivity index (χ4v) is 2.32. The zero-order chi connectivity index (χ0) is 10.7. The Morgan fingerprint density at radius 2 is 2.40 bits per heavy atom. The highest BCUT2D eigenvalue weighted by atomic mass is 32.1. The molecule has 0 aliphatic heterocycles. The van der Waals surface area contributed by atoms with Crippen LogP contribution in [-0.2, 0) is 13.5 Å². The first-order chi connectivity index (χ1) is 7.27. The molecule has 0 aromatic carbocycles. The van der Waals surface area contributed by atoms with Crippen molar-refractivity contribution < 1.29 is 5.11 Å². The zero-order valence-electron chi connectivity index (χ0n) is 8.63. The maximum absolute atomic E-state index is 9.93. The Bertz CT molecular complexity index is 408. The summed E-state index contributed by atoms with van der Waals surface area (Å²) in [4.78, 5) is 1.32. The second-order valence-electron chi connectivity index (χ2n) is 3.51. The summed E-state index contributed by atoms with van der Waals surface area (Å²) in [6.45, 7) is 0. The van der Waals surface area contributed by atoms with Crippen LogP contribution in [0, 0.1) is 0 Å². The van der Waals surface area contributed by atoms with Crippen LogP contribution in [0.4, 0.5) is 0 Å². The average molecular weight is 222 g/mol. The van der Waals surface area contributed by atoms with Crippen molar-refractivity contribution in [2.24, 2.45) is 7.05 Å². The number of hydrogen-bond acceptors (Lipinski definition) is 3. The van der Waals surface area contributed by atoms with Gasteiger partial charge in [0.25, 0.3) is 0 Å². The first-order valence-electron chi connectivity index (χ1n) is 4.95. The molecule has 0 aliphatic carbocycles. The SMILES string of the molecule is Cn1nccc1C(O)CCc1cccs1. The molecule has 3 nitrogen and oxygen atoms in total. The van der Waals surface area contributed by atoms with E-state index >= 15 is 0 Å². The molecule has 0 amide bonds. The fourth-order valence-electron chi connectivity index (χ4n) is 1.59. The van der Waals surface area contributed by atoms with Crippen LogP contribution in [0.15, 0.2) is 29.8 Å². The molecule has 2 heterocycles. The molecule has 0 saturated heterocycles. The number of aliphatic hydroxyl groups is 1. The second kappa shape index (κ2) is 4.59. The van der Waals surface area contributed by atoms with E-state index in [0.717, 1.165) is 18.5 Å². The molecule has 1 atom stereocenters. The quantitative estimate of drug-likeness (QED) is 0.860. The van der Waals surface area contributed by atoms with Crippen molar-refractivity contribution in [2.45, 2.75) is 18.9 Å². The third kappa shape index (κ3) is 2.46. The summed E-state index contributed by atoms with van der Waals surface area (Å²) in [5.41, 5.74) is 0.881. The number of aliphatic hydroxyl groups excluding tert-OH is 1. The van der Waals surface area contributed by atoms with Gasteiger partial charge in [0.05, 0.1) is 11.8 Å². The van der Waals surface area contributed by atoms with Crippen molar-refractivity contribution in [1.29, 1.82) is 0 Å². The Morgan fingerprint density at radius 3 is 3.00 bits per heavy atom. The predicted molar refractivity (Wildman–Crippen MR) is 60.8 cm³/mol. The molecule has 1 unspecified atom stereocenters. The van der Waals surface area contributed by atoms with Gasteiger partial charge in [0, 0.05) is 18.1 Å². The van der Waals surface area contributed by atoms with Crippen molar-refractivity contribution in [3.8, 4) is 0 Å². The summed E-state index contributed by atoms with van der Waals surface area (Å²) in [6.07, 6.45) is 2.97. The number of hydrogen-bond donors (Lipinski definition) is 1. The van der Waals surface area contributed by atoms with E-state index in [-0.39, 0.29) is 0 Å². The van der Waals surface area contributed by atoms with Gasteiger partial charge in [0.1, 0.15) is 0 Å². The van der Waals surface area contributed by atoms with E-state index in [9.17, 15) is 5.11 Å². The van der Waals surface area contributed by atoms with E-state index in [1.54, 1.807) is 22.2 Å². The molecular weight excluding hydrogens is 208 g/mol. The van der Waals surface area contributed by atoms with Crippen LogP contribution in [0.25, 0.3) is 0 Å². The monoisotopic (exact) mass is 222 g/mol. The molecule has 0 fully saturated rings. The van der Waals surface area contributed by atoms with E-state index < -0.39 is 6.10 Å². The van der Waals surface area contributed by atoms with Crippen molar-refractivity contribution in [2.75, 3.05) is 0 Å². The Hall–Kier alpha value is -1.13. The molecule has 15 heavy (non-hydrogen) atoms. The van der Waals surface area contributed by atoms with Gasteiger partial charge in [0.2, 0.25) is 0 Å².